The summed E-state index contributed by atoms with van der Waals surface area (Å²) in [4.78, 5) is 13.1. The summed E-state index contributed by atoms with van der Waals surface area (Å²) in [6.45, 7) is 9.25. The molecule has 1 aliphatic heterocycles. The molecule has 1 fully saturated rings. The molecular formula is C24H32N2O3S. The van der Waals surface area contributed by atoms with Gasteiger partial charge >= 0.3 is 0 Å². The molecule has 3 rings (SSSR count). The summed E-state index contributed by atoms with van der Waals surface area (Å²) in [5, 5.41) is 3.10. The lowest BCUT2D eigenvalue weighted by molar-refractivity contribution is -0.126. The fourth-order valence-electron chi connectivity index (χ4n) is 3.79. The van der Waals surface area contributed by atoms with Crippen molar-refractivity contribution in [1.29, 1.82) is 0 Å². The summed E-state index contributed by atoms with van der Waals surface area (Å²) in [5.74, 6) is -0.164. The maximum absolute atomic E-state index is 12.8. The molecule has 5 nitrogen and oxygen atoms in total. The highest BCUT2D eigenvalue weighted by Gasteiger charge is 2.32. The van der Waals surface area contributed by atoms with Crippen LogP contribution < -0.4 is 5.32 Å². The van der Waals surface area contributed by atoms with Crippen LogP contribution in [0.2, 0.25) is 0 Å². The van der Waals surface area contributed by atoms with E-state index in [1.807, 2.05) is 6.92 Å². The summed E-state index contributed by atoms with van der Waals surface area (Å²) in [6.07, 6.45) is 1.07. The SMILES string of the molecule is C[C@H](NC(=O)C1CCN(S(=O)(=O)c2ccccc2)CC1)c1ccc(C(C)(C)C)cc1. The lowest BCUT2D eigenvalue weighted by Gasteiger charge is -2.31. The standard InChI is InChI=1S/C24H32N2O3S/c1-18(19-10-12-21(13-11-19)24(2,3)4)25-23(27)20-14-16-26(17-15-20)30(28,29)22-8-6-5-7-9-22/h5-13,18,20H,14-17H2,1-4H3,(H,25,27)/t18-/m0/s1. The van der Waals surface area contributed by atoms with Crippen LogP contribution in [0.15, 0.2) is 59.5 Å². The normalized spacial score (nSPS) is 17.5. The first-order chi connectivity index (χ1) is 14.1. The molecule has 1 amide bonds. The van der Waals surface area contributed by atoms with Crippen molar-refractivity contribution >= 4 is 15.9 Å². The van der Waals surface area contributed by atoms with Gasteiger partial charge in [0, 0.05) is 19.0 Å². The van der Waals surface area contributed by atoms with Gasteiger partial charge in [0.1, 0.15) is 0 Å². The monoisotopic (exact) mass is 428 g/mol. The van der Waals surface area contributed by atoms with Gasteiger partial charge in [-0.15, -0.1) is 0 Å². The lowest BCUT2D eigenvalue weighted by atomic mass is 9.86. The van der Waals surface area contributed by atoms with E-state index >= 15 is 0 Å². The van der Waals surface area contributed by atoms with E-state index in [2.05, 4.69) is 50.4 Å². The molecular weight excluding hydrogens is 396 g/mol. The first-order valence-electron chi connectivity index (χ1n) is 10.5. The van der Waals surface area contributed by atoms with Crippen molar-refractivity contribution in [2.24, 2.45) is 5.92 Å². The average Bonchev–Trinajstić information content (AvgIpc) is 2.74. The van der Waals surface area contributed by atoms with Crippen molar-refractivity contribution in [1.82, 2.24) is 9.62 Å². The molecule has 0 radical (unpaired) electrons. The molecule has 0 saturated carbocycles. The quantitative estimate of drug-likeness (QED) is 0.774. The van der Waals surface area contributed by atoms with E-state index in [1.54, 1.807) is 30.3 Å². The van der Waals surface area contributed by atoms with Crippen molar-refractivity contribution < 1.29 is 13.2 Å². The van der Waals surface area contributed by atoms with Gasteiger partial charge in [0.15, 0.2) is 0 Å². The summed E-state index contributed by atoms with van der Waals surface area (Å²) in [5.41, 5.74) is 2.43. The van der Waals surface area contributed by atoms with Crippen molar-refractivity contribution in [3.05, 3.63) is 65.7 Å². The number of hydrogen-bond acceptors (Lipinski definition) is 3. The van der Waals surface area contributed by atoms with Crippen molar-refractivity contribution in [3.63, 3.8) is 0 Å². The number of nitrogens with one attached hydrogen (secondary N) is 1. The van der Waals surface area contributed by atoms with E-state index in [0.29, 0.717) is 30.8 Å². The first-order valence-corrected chi connectivity index (χ1v) is 12.0. The molecule has 0 spiro atoms. The van der Waals surface area contributed by atoms with E-state index in [9.17, 15) is 13.2 Å². The number of nitrogens with zero attached hydrogens (tertiary/aromatic N) is 1. The second-order valence-corrected chi connectivity index (χ2v) is 11.0. The van der Waals surface area contributed by atoms with Crippen LogP contribution in [0.4, 0.5) is 0 Å². The molecule has 1 aliphatic rings. The van der Waals surface area contributed by atoms with Gasteiger partial charge in [0.2, 0.25) is 15.9 Å². The fourth-order valence-corrected chi connectivity index (χ4v) is 5.28. The highest BCUT2D eigenvalue weighted by Crippen LogP contribution is 2.26. The molecule has 2 aromatic carbocycles. The van der Waals surface area contributed by atoms with Crippen LogP contribution in [0.25, 0.3) is 0 Å². The Morgan fingerprint density at radius 2 is 1.57 bits per heavy atom. The van der Waals surface area contributed by atoms with Crippen molar-refractivity contribution in [3.8, 4) is 0 Å². The lowest BCUT2D eigenvalue weighted by Crippen LogP contribution is -2.43. The number of hydrogen-bond donors (Lipinski definition) is 1. The minimum Gasteiger partial charge on any atom is -0.349 e. The number of piperidine rings is 1. The molecule has 162 valence electrons. The third kappa shape index (κ3) is 5.10. The maximum atomic E-state index is 12.8. The second kappa shape index (κ2) is 8.90. The van der Waals surface area contributed by atoms with Gasteiger partial charge in [0.05, 0.1) is 10.9 Å². The van der Waals surface area contributed by atoms with E-state index in [-0.39, 0.29) is 23.3 Å². The van der Waals surface area contributed by atoms with Crippen LogP contribution >= 0.6 is 0 Å². The average molecular weight is 429 g/mol. The number of amides is 1. The summed E-state index contributed by atoms with van der Waals surface area (Å²) in [6, 6.07) is 16.8. The summed E-state index contributed by atoms with van der Waals surface area (Å²) < 4.78 is 27.0. The smallest absolute Gasteiger partial charge is 0.243 e. The van der Waals surface area contributed by atoms with Gasteiger partial charge in [-0.1, -0.05) is 63.2 Å². The molecule has 2 aromatic rings. The zero-order valence-electron chi connectivity index (χ0n) is 18.3. The molecule has 1 heterocycles. The molecule has 0 unspecified atom stereocenters. The molecule has 1 atom stereocenters. The fraction of sp³-hybridized carbons (Fsp3) is 0.458. The molecule has 0 aliphatic carbocycles. The van der Waals surface area contributed by atoms with Gasteiger partial charge in [0.25, 0.3) is 0 Å². The van der Waals surface area contributed by atoms with Gasteiger partial charge in [-0.05, 0) is 48.4 Å². The predicted molar refractivity (Wildman–Crippen MR) is 120 cm³/mol. The van der Waals surface area contributed by atoms with E-state index in [4.69, 9.17) is 0 Å². The Labute approximate surface area is 180 Å². The molecule has 6 heteroatoms. The van der Waals surface area contributed by atoms with E-state index in [0.717, 1.165) is 5.56 Å². The van der Waals surface area contributed by atoms with Crippen LogP contribution in [-0.2, 0) is 20.2 Å². The topological polar surface area (TPSA) is 66.5 Å². The van der Waals surface area contributed by atoms with Crippen molar-refractivity contribution in [2.75, 3.05) is 13.1 Å². The summed E-state index contributed by atoms with van der Waals surface area (Å²) in [7, 11) is -3.49. The molecule has 30 heavy (non-hydrogen) atoms. The third-order valence-electron chi connectivity index (χ3n) is 5.84. The first kappa shape index (κ1) is 22.5. The maximum Gasteiger partial charge on any atom is 0.243 e. The van der Waals surface area contributed by atoms with E-state index in [1.165, 1.54) is 9.87 Å². The van der Waals surface area contributed by atoms with Crippen LogP contribution in [0, 0.1) is 5.92 Å². The van der Waals surface area contributed by atoms with Gasteiger partial charge in [-0.2, -0.15) is 4.31 Å². The van der Waals surface area contributed by atoms with Crippen LogP contribution in [0.1, 0.15) is 57.7 Å². The number of carbonyl (C=O) groups is 1. The van der Waals surface area contributed by atoms with Crippen molar-refractivity contribution in [2.45, 2.75) is 56.9 Å². The van der Waals surface area contributed by atoms with Gasteiger partial charge in [-0.3, -0.25) is 4.79 Å². The zero-order valence-corrected chi connectivity index (χ0v) is 19.1. The molecule has 1 saturated heterocycles. The number of benzene rings is 2. The molecule has 0 bridgehead atoms. The molecule has 0 aromatic heterocycles. The Hall–Kier alpha value is -2.18. The second-order valence-electron chi connectivity index (χ2n) is 9.09. The van der Waals surface area contributed by atoms with Crippen LogP contribution in [-0.4, -0.2) is 31.7 Å². The highest BCUT2D eigenvalue weighted by atomic mass is 32.2. The van der Waals surface area contributed by atoms with Gasteiger partial charge in [-0.25, -0.2) is 8.42 Å². The Balaban J connectivity index is 1.56. The van der Waals surface area contributed by atoms with E-state index < -0.39 is 10.0 Å². The Kier molecular flexibility index (Phi) is 6.68. The largest absolute Gasteiger partial charge is 0.349 e. The third-order valence-corrected chi connectivity index (χ3v) is 7.75. The Morgan fingerprint density at radius 3 is 2.10 bits per heavy atom. The summed E-state index contributed by atoms with van der Waals surface area (Å²) >= 11 is 0. The highest BCUT2D eigenvalue weighted by molar-refractivity contribution is 7.89. The zero-order chi connectivity index (χ0) is 21.9. The number of carbonyl (C=O) groups excluding carboxylic acids is 1. The van der Waals surface area contributed by atoms with Crippen LogP contribution in [0.3, 0.4) is 0 Å². The number of rotatable bonds is 5. The predicted octanol–water partition coefficient (Wildman–Crippen LogP) is 4.26. The minimum absolute atomic E-state index is 0.000781. The molecule has 1 N–H and O–H groups in total. The minimum atomic E-state index is -3.49. The Bertz CT molecular complexity index is 956. The van der Waals surface area contributed by atoms with Gasteiger partial charge < -0.3 is 5.32 Å². The number of sulfonamides is 1. The van der Waals surface area contributed by atoms with Crippen LogP contribution in [0.5, 0.6) is 0 Å². The Morgan fingerprint density at radius 1 is 1.00 bits per heavy atom.